The van der Waals surface area contributed by atoms with Gasteiger partial charge in [-0.05, 0) is 38.9 Å². The largest absolute Gasteiger partial charge is 0.344 e. The summed E-state index contributed by atoms with van der Waals surface area (Å²) in [6.07, 6.45) is 5.24. The Hall–Kier alpha value is -1.36. The first-order valence-electron chi connectivity index (χ1n) is 6.17. The van der Waals surface area contributed by atoms with Crippen LogP contribution in [0, 0.1) is 0 Å². The smallest absolute Gasteiger partial charge is 0.250 e. The number of aromatic nitrogens is 2. The summed E-state index contributed by atoms with van der Waals surface area (Å²) in [7, 11) is 1.86. The van der Waals surface area contributed by atoms with Gasteiger partial charge in [-0.3, -0.25) is 9.48 Å². The van der Waals surface area contributed by atoms with Crippen LogP contribution in [0.1, 0.15) is 19.8 Å². The summed E-state index contributed by atoms with van der Waals surface area (Å²) in [5.74, 6) is 0.171. The minimum absolute atomic E-state index is 0.171. The number of likely N-dealkylation sites (N-methyl/N-ethyl adjacent to an activating group) is 1. The molecule has 17 heavy (non-hydrogen) atoms. The molecule has 0 aromatic carbocycles. The summed E-state index contributed by atoms with van der Waals surface area (Å²) >= 11 is 0. The van der Waals surface area contributed by atoms with Crippen molar-refractivity contribution in [3.05, 3.63) is 18.5 Å². The molecule has 0 saturated carbocycles. The van der Waals surface area contributed by atoms with Crippen molar-refractivity contribution < 1.29 is 4.79 Å². The maximum Gasteiger partial charge on any atom is 0.250 e. The predicted molar refractivity (Wildman–Crippen MR) is 65.6 cm³/mol. The van der Waals surface area contributed by atoms with Gasteiger partial charge in [-0.25, -0.2) is 0 Å². The Kier molecular flexibility index (Phi) is 3.47. The third kappa shape index (κ3) is 2.07. The molecule has 1 N–H and O–H groups in total. The summed E-state index contributed by atoms with van der Waals surface area (Å²) < 4.78 is 1.84. The van der Waals surface area contributed by atoms with Crippen molar-refractivity contribution in [1.82, 2.24) is 20.0 Å². The quantitative estimate of drug-likeness (QED) is 0.828. The molecule has 1 saturated heterocycles. The van der Waals surface area contributed by atoms with E-state index in [1.807, 2.05) is 30.9 Å². The van der Waals surface area contributed by atoms with Crippen molar-refractivity contribution in [3.8, 4) is 0 Å². The van der Waals surface area contributed by atoms with Gasteiger partial charge in [0.2, 0.25) is 5.91 Å². The Morgan fingerprint density at radius 1 is 1.53 bits per heavy atom. The second-order valence-electron chi connectivity index (χ2n) is 4.55. The molecule has 2 rings (SSSR count). The van der Waals surface area contributed by atoms with Gasteiger partial charge in [0.25, 0.3) is 0 Å². The standard InChI is InChI=1S/C12H20N4O/c1-3-15(2)11(17)12(5-8-13-9-6-12)16-10-4-7-14-16/h4,7,10,13H,3,5-6,8-9H2,1-2H3. The number of hydrogen-bond donors (Lipinski definition) is 1. The van der Waals surface area contributed by atoms with Gasteiger partial charge in [-0.2, -0.15) is 5.10 Å². The molecule has 1 aliphatic rings. The lowest BCUT2D eigenvalue weighted by Crippen LogP contribution is -2.54. The van der Waals surface area contributed by atoms with Crippen LogP contribution in [-0.2, 0) is 10.3 Å². The first kappa shape index (κ1) is 12.1. The highest BCUT2D eigenvalue weighted by Gasteiger charge is 2.43. The zero-order valence-electron chi connectivity index (χ0n) is 10.5. The van der Waals surface area contributed by atoms with Gasteiger partial charge < -0.3 is 10.2 Å². The fraction of sp³-hybridized carbons (Fsp3) is 0.667. The molecule has 1 aromatic rings. The molecule has 0 bridgehead atoms. The number of carbonyl (C=O) groups excluding carboxylic acids is 1. The average molecular weight is 236 g/mol. The molecule has 0 unspecified atom stereocenters. The summed E-state index contributed by atoms with van der Waals surface area (Å²) in [5, 5.41) is 7.59. The van der Waals surface area contributed by atoms with Gasteiger partial charge in [-0.15, -0.1) is 0 Å². The van der Waals surface area contributed by atoms with Crippen LogP contribution < -0.4 is 5.32 Å². The van der Waals surface area contributed by atoms with Gasteiger partial charge in [0.15, 0.2) is 0 Å². The van der Waals surface area contributed by atoms with E-state index in [4.69, 9.17) is 0 Å². The summed E-state index contributed by atoms with van der Waals surface area (Å²) in [4.78, 5) is 14.4. The van der Waals surface area contributed by atoms with E-state index in [9.17, 15) is 4.79 Å². The van der Waals surface area contributed by atoms with Crippen LogP contribution in [-0.4, -0.2) is 47.3 Å². The second-order valence-corrected chi connectivity index (χ2v) is 4.55. The lowest BCUT2D eigenvalue weighted by Gasteiger charge is -2.38. The molecule has 94 valence electrons. The average Bonchev–Trinajstić information content (AvgIpc) is 2.92. The summed E-state index contributed by atoms with van der Waals surface area (Å²) in [6, 6.07) is 1.88. The van der Waals surface area contributed by atoms with E-state index >= 15 is 0 Å². The Morgan fingerprint density at radius 3 is 2.76 bits per heavy atom. The van der Waals surface area contributed by atoms with E-state index in [-0.39, 0.29) is 5.91 Å². The molecular weight excluding hydrogens is 216 g/mol. The monoisotopic (exact) mass is 236 g/mol. The van der Waals surface area contributed by atoms with Crippen LogP contribution in [0.25, 0.3) is 0 Å². The van der Waals surface area contributed by atoms with Gasteiger partial charge in [0.05, 0.1) is 0 Å². The van der Waals surface area contributed by atoms with Gasteiger partial charge in [0.1, 0.15) is 5.54 Å². The Bertz CT molecular complexity index is 368. The van der Waals surface area contributed by atoms with Crippen molar-refractivity contribution >= 4 is 5.91 Å². The number of hydrogen-bond acceptors (Lipinski definition) is 3. The zero-order valence-corrected chi connectivity index (χ0v) is 10.5. The van der Waals surface area contributed by atoms with Crippen LogP contribution in [0.4, 0.5) is 0 Å². The van der Waals surface area contributed by atoms with Crippen LogP contribution >= 0.6 is 0 Å². The van der Waals surface area contributed by atoms with Crippen molar-refractivity contribution in [1.29, 1.82) is 0 Å². The number of nitrogens with one attached hydrogen (secondary N) is 1. The molecule has 1 aromatic heterocycles. The van der Waals surface area contributed by atoms with E-state index in [0.29, 0.717) is 0 Å². The minimum Gasteiger partial charge on any atom is -0.344 e. The highest BCUT2D eigenvalue weighted by molar-refractivity contribution is 5.84. The van der Waals surface area contributed by atoms with Gasteiger partial charge in [-0.1, -0.05) is 0 Å². The van der Waals surface area contributed by atoms with Crippen molar-refractivity contribution in [3.63, 3.8) is 0 Å². The lowest BCUT2D eigenvalue weighted by atomic mass is 9.87. The Labute approximate surface area is 102 Å². The Balaban J connectivity index is 2.33. The molecule has 1 aliphatic heterocycles. The van der Waals surface area contributed by atoms with E-state index in [0.717, 1.165) is 32.5 Å². The molecule has 1 amide bonds. The highest BCUT2D eigenvalue weighted by atomic mass is 16.2. The molecule has 5 heteroatoms. The number of nitrogens with zero attached hydrogens (tertiary/aromatic N) is 3. The first-order chi connectivity index (χ1) is 8.20. The first-order valence-corrected chi connectivity index (χ1v) is 6.17. The van der Waals surface area contributed by atoms with Crippen LogP contribution in [0.2, 0.25) is 0 Å². The summed E-state index contributed by atoms with van der Waals surface area (Å²) in [5.41, 5.74) is -0.487. The molecule has 1 fully saturated rings. The van der Waals surface area contributed by atoms with Crippen molar-refractivity contribution in [2.24, 2.45) is 0 Å². The molecule has 2 heterocycles. The van der Waals surface area contributed by atoms with Crippen LogP contribution in [0.15, 0.2) is 18.5 Å². The molecule has 0 spiro atoms. The third-order valence-electron chi connectivity index (χ3n) is 3.59. The number of carbonyl (C=O) groups is 1. The topological polar surface area (TPSA) is 50.2 Å². The van der Waals surface area contributed by atoms with Crippen molar-refractivity contribution in [2.45, 2.75) is 25.3 Å². The van der Waals surface area contributed by atoms with Gasteiger partial charge >= 0.3 is 0 Å². The molecular formula is C12H20N4O. The fourth-order valence-electron chi connectivity index (χ4n) is 2.40. The second kappa shape index (κ2) is 4.87. The zero-order chi connectivity index (χ0) is 12.3. The minimum atomic E-state index is -0.487. The highest BCUT2D eigenvalue weighted by Crippen LogP contribution is 2.28. The molecule has 5 nitrogen and oxygen atoms in total. The predicted octanol–water partition coefficient (Wildman–Crippen LogP) is 0.440. The van der Waals surface area contributed by atoms with E-state index in [1.54, 1.807) is 11.1 Å². The third-order valence-corrected chi connectivity index (χ3v) is 3.59. The number of rotatable bonds is 3. The number of amides is 1. The maximum atomic E-state index is 12.6. The van der Waals surface area contributed by atoms with E-state index < -0.39 is 5.54 Å². The van der Waals surface area contributed by atoms with Crippen molar-refractivity contribution in [2.75, 3.05) is 26.7 Å². The van der Waals surface area contributed by atoms with Crippen LogP contribution in [0.3, 0.4) is 0 Å². The number of piperidine rings is 1. The summed E-state index contributed by atoms with van der Waals surface area (Å²) in [6.45, 7) is 4.46. The maximum absolute atomic E-state index is 12.6. The fourth-order valence-corrected chi connectivity index (χ4v) is 2.40. The SMILES string of the molecule is CCN(C)C(=O)C1(n2cccn2)CCNCC1. The Morgan fingerprint density at radius 2 is 2.24 bits per heavy atom. The molecule has 0 aliphatic carbocycles. The van der Waals surface area contributed by atoms with E-state index in [1.165, 1.54) is 0 Å². The molecule has 0 radical (unpaired) electrons. The van der Waals surface area contributed by atoms with Gasteiger partial charge in [0, 0.05) is 26.0 Å². The van der Waals surface area contributed by atoms with Crippen LogP contribution in [0.5, 0.6) is 0 Å². The van der Waals surface area contributed by atoms with E-state index in [2.05, 4.69) is 10.4 Å². The lowest BCUT2D eigenvalue weighted by molar-refractivity contribution is -0.141. The molecule has 0 atom stereocenters. The normalized spacial score (nSPS) is 18.9.